The predicted molar refractivity (Wildman–Crippen MR) is 75.7 cm³/mol. The third-order valence-electron chi connectivity index (χ3n) is 3.61. The molecule has 1 aromatic heterocycles. The van der Waals surface area contributed by atoms with Crippen molar-refractivity contribution in [3.63, 3.8) is 0 Å². The van der Waals surface area contributed by atoms with E-state index in [2.05, 4.69) is 34.0 Å². The molecule has 0 bridgehead atoms. The Bertz CT molecular complexity index is 460. The molecule has 0 aromatic carbocycles. The lowest BCUT2D eigenvalue weighted by atomic mass is 10.0. The summed E-state index contributed by atoms with van der Waals surface area (Å²) in [5.74, 6) is 0.0445. The smallest absolute Gasteiger partial charge is 0.188 e. The monoisotopic (exact) mass is 263 g/mol. The van der Waals surface area contributed by atoms with Gasteiger partial charge in [0.15, 0.2) is 5.84 Å². The molecule has 6 heteroatoms. The van der Waals surface area contributed by atoms with Crippen LogP contribution in [-0.4, -0.2) is 54.2 Å². The Morgan fingerprint density at radius 2 is 2.37 bits per heavy atom. The summed E-state index contributed by atoms with van der Waals surface area (Å²) in [6.07, 6.45) is 4.09. The van der Waals surface area contributed by atoms with Crippen LogP contribution in [0.25, 0.3) is 0 Å². The largest absolute Gasteiger partial charge is 0.409 e. The van der Waals surface area contributed by atoms with E-state index in [0.29, 0.717) is 11.7 Å². The number of anilines is 1. The van der Waals surface area contributed by atoms with Gasteiger partial charge in [0.2, 0.25) is 0 Å². The average Bonchev–Trinajstić information content (AvgIpc) is 2.46. The SMILES string of the molecule is CN(C)C1CCCN(c2ccnc(C(N)=NO)c2)C1. The number of piperidine rings is 1. The minimum atomic E-state index is 0.0445. The summed E-state index contributed by atoms with van der Waals surface area (Å²) in [5, 5.41) is 11.7. The van der Waals surface area contributed by atoms with Crippen LogP contribution in [0, 0.1) is 0 Å². The molecular formula is C13H21N5O. The highest BCUT2D eigenvalue weighted by Gasteiger charge is 2.21. The summed E-state index contributed by atoms with van der Waals surface area (Å²) in [6, 6.07) is 4.40. The van der Waals surface area contributed by atoms with Crippen molar-refractivity contribution in [2.45, 2.75) is 18.9 Å². The maximum Gasteiger partial charge on any atom is 0.188 e. The van der Waals surface area contributed by atoms with Crippen LogP contribution in [0.5, 0.6) is 0 Å². The van der Waals surface area contributed by atoms with E-state index in [-0.39, 0.29) is 5.84 Å². The first-order chi connectivity index (χ1) is 9.11. The van der Waals surface area contributed by atoms with Crippen molar-refractivity contribution in [2.75, 3.05) is 32.1 Å². The molecular weight excluding hydrogens is 242 g/mol. The van der Waals surface area contributed by atoms with E-state index in [1.54, 1.807) is 6.20 Å². The van der Waals surface area contributed by atoms with Crippen molar-refractivity contribution < 1.29 is 5.21 Å². The van der Waals surface area contributed by atoms with Gasteiger partial charge in [0.05, 0.1) is 0 Å². The van der Waals surface area contributed by atoms with Crippen molar-refractivity contribution >= 4 is 11.5 Å². The lowest BCUT2D eigenvalue weighted by Gasteiger charge is -2.37. The predicted octanol–water partition coefficient (Wildman–Crippen LogP) is 0.707. The number of amidine groups is 1. The first-order valence-corrected chi connectivity index (χ1v) is 6.47. The fourth-order valence-corrected chi connectivity index (χ4v) is 2.42. The topological polar surface area (TPSA) is 78.0 Å². The molecule has 1 aliphatic heterocycles. The highest BCUT2D eigenvalue weighted by Crippen LogP contribution is 2.21. The normalized spacial score (nSPS) is 20.9. The number of rotatable bonds is 3. The van der Waals surface area contributed by atoms with Gasteiger partial charge in [-0.25, -0.2) is 0 Å². The molecule has 104 valence electrons. The van der Waals surface area contributed by atoms with E-state index >= 15 is 0 Å². The van der Waals surface area contributed by atoms with Crippen LogP contribution in [-0.2, 0) is 0 Å². The van der Waals surface area contributed by atoms with E-state index in [4.69, 9.17) is 10.9 Å². The van der Waals surface area contributed by atoms with Gasteiger partial charge in [0, 0.05) is 31.0 Å². The van der Waals surface area contributed by atoms with E-state index in [9.17, 15) is 0 Å². The number of likely N-dealkylation sites (N-methyl/N-ethyl adjacent to an activating group) is 1. The van der Waals surface area contributed by atoms with Crippen molar-refractivity contribution in [1.82, 2.24) is 9.88 Å². The van der Waals surface area contributed by atoms with Gasteiger partial charge in [0.1, 0.15) is 5.69 Å². The second kappa shape index (κ2) is 5.88. The zero-order valence-electron chi connectivity index (χ0n) is 11.5. The maximum atomic E-state index is 8.71. The van der Waals surface area contributed by atoms with Crippen molar-refractivity contribution in [1.29, 1.82) is 0 Å². The fraction of sp³-hybridized carbons (Fsp3) is 0.538. The zero-order chi connectivity index (χ0) is 13.8. The van der Waals surface area contributed by atoms with Crippen LogP contribution in [0.15, 0.2) is 23.5 Å². The number of hydrogen-bond acceptors (Lipinski definition) is 5. The Balaban J connectivity index is 2.17. The summed E-state index contributed by atoms with van der Waals surface area (Å²) in [7, 11) is 4.23. The molecule has 3 N–H and O–H groups in total. The van der Waals surface area contributed by atoms with E-state index in [0.717, 1.165) is 18.8 Å². The third kappa shape index (κ3) is 3.14. The van der Waals surface area contributed by atoms with E-state index in [1.165, 1.54) is 12.8 Å². The standard InChI is InChI=1S/C13H21N5O/c1-17(2)11-4-3-7-18(9-11)10-5-6-15-12(8-10)13(14)16-19/h5-6,8,11,19H,3-4,7,9H2,1-2H3,(H2,14,16). The Kier molecular flexibility index (Phi) is 4.21. The van der Waals surface area contributed by atoms with Gasteiger partial charge < -0.3 is 20.7 Å². The van der Waals surface area contributed by atoms with Crippen LogP contribution >= 0.6 is 0 Å². The van der Waals surface area contributed by atoms with Gasteiger partial charge in [-0.05, 0) is 39.1 Å². The molecule has 1 atom stereocenters. The molecule has 1 unspecified atom stereocenters. The van der Waals surface area contributed by atoms with Crippen LogP contribution < -0.4 is 10.6 Å². The van der Waals surface area contributed by atoms with Crippen molar-refractivity contribution in [3.05, 3.63) is 24.0 Å². The lowest BCUT2D eigenvalue weighted by Crippen LogP contribution is -2.45. The number of nitrogens with zero attached hydrogens (tertiary/aromatic N) is 4. The number of nitrogens with two attached hydrogens (primary N) is 1. The quantitative estimate of drug-likeness (QED) is 0.363. The Morgan fingerprint density at radius 3 is 3.05 bits per heavy atom. The average molecular weight is 263 g/mol. The lowest BCUT2D eigenvalue weighted by molar-refractivity contribution is 0.258. The molecule has 1 fully saturated rings. The molecule has 0 amide bonds. The van der Waals surface area contributed by atoms with Crippen LogP contribution in [0.3, 0.4) is 0 Å². The number of oxime groups is 1. The van der Waals surface area contributed by atoms with Gasteiger partial charge in [-0.2, -0.15) is 0 Å². The fourth-order valence-electron chi connectivity index (χ4n) is 2.42. The number of pyridine rings is 1. The second-order valence-electron chi connectivity index (χ2n) is 5.09. The number of aromatic nitrogens is 1. The molecule has 0 spiro atoms. The molecule has 0 saturated carbocycles. The molecule has 2 rings (SSSR count). The first-order valence-electron chi connectivity index (χ1n) is 6.47. The summed E-state index contributed by atoms with van der Waals surface area (Å²) >= 11 is 0. The second-order valence-corrected chi connectivity index (χ2v) is 5.09. The summed E-state index contributed by atoms with van der Waals surface area (Å²) < 4.78 is 0. The molecule has 2 heterocycles. The summed E-state index contributed by atoms with van der Waals surface area (Å²) in [5.41, 5.74) is 7.16. The third-order valence-corrected chi connectivity index (χ3v) is 3.61. The van der Waals surface area contributed by atoms with Crippen LogP contribution in [0.2, 0.25) is 0 Å². The minimum Gasteiger partial charge on any atom is -0.409 e. The minimum absolute atomic E-state index is 0.0445. The Morgan fingerprint density at radius 1 is 1.58 bits per heavy atom. The highest BCUT2D eigenvalue weighted by molar-refractivity contribution is 5.95. The van der Waals surface area contributed by atoms with Crippen molar-refractivity contribution in [3.8, 4) is 0 Å². The summed E-state index contributed by atoms with van der Waals surface area (Å²) in [4.78, 5) is 8.69. The zero-order valence-corrected chi connectivity index (χ0v) is 11.5. The van der Waals surface area contributed by atoms with Crippen LogP contribution in [0.4, 0.5) is 5.69 Å². The van der Waals surface area contributed by atoms with Crippen molar-refractivity contribution in [2.24, 2.45) is 10.9 Å². The molecule has 1 aliphatic rings. The molecule has 19 heavy (non-hydrogen) atoms. The van der Waals surface area contributed by atoms with Gasteiger partial charge in [-0.15, -0.1) is 0 Å². The maximum absolute atomic E-state index is 8.71. The Labute approximate surface area is 113 Å². The van der Waals surface area contributed by atoms with Gasteiger partial charge in [0.25, 0.3) is 0 Å². The molecule has 6 nitrogen and oxygen atoms in total. The molecule has 0 radical (unpaired) electrons. The van der Waals surface area contributed by atoms with E-state index < -0.39 is 0 Å². The molecule has 0 aliphatic carbocycles. The van der Waals surface area contributed by atoms with Crippen LogP contribution in [0.1, 0.15) is 18.5 Å². The highest BCUT2D eigenvalue weighted by atomic mass is 16.4. The summed E-state index contributed by atoms with van der Waals surface area (Å²) in [6.45, 7) is 2.02. The Hall–Kier alpha value is -1.82. The molecule has 1 aromatic rings. The molecule has 1 saturated heterocycles. The van der Waals surface area contributed by atoms with Gasteiger partial charge >= 0.3 is 0 Å². The van der Waals surface area contributed by atoms with E-state index in [1.807, 2.05) is 12.1 Å². The van der Waals surface area contributed by atoms with Gasteiger partial charge in [-0.1, -0.05) is 5.16 Å². The number of hydrogen-bond donors (Lipinski definition) is 2. The van der Waals surface area contributed by atoms with Gasteiger partial charge in [-0.3, -0.25) is 4.98 Å². The first kappa shape index (κ1) is 13.6.